The van der Waals surface area contributed by atoms with Crippen LogP contribution in [0.5, 0.6) is 0 Å². The van der Waals surface area contributed by atoms with E-state index in [1.54, 1.807) is 0 Å². The molecular weight excluding hydrogens is 1440 g/mol. The molecule has 0 spiro atoms. The van der Waals surface area contributed by atoms with E-state index in [2.05, 4.69) is 38.3 Å². The third-order valence-corrected chi connectivity index (χ3v) is 20.7. The molecule has 0 aromatic heterocycles. The lowest BCUT2D eigenvalue weighted by Crippen LogP contribution is -2.49. The van der Waals surface area contributed by atoms with Gasteiger partial charge in [0.2, 0.25) is 0 Å². The molecule has 626 valence electrons. The predicted octanol–water partition coefficient (Wildman–Crippen LogP) is 18.3. The first-order chi connectivity index (χ1) is 53.2. The Balaban J connectivity index is 0.000000788. The molecule has 0 amide bonds. The summed E-state index contributed by atoms with van der Waals surface area (Å²) in [7, 11) is 3.68. The van der Waals surface area contributed by atoms with Crippen LogP contribution in [0, 0.1) is 0 Å². The maximum atomic E-state index is 12.2. The van der Waals surface area contributed by atoms with E-state index in [1.807, 2.05) is 62.6 Å². The Labute approximate surface area is 670 Å². The number of Topliss-reactive ketones (excluding diaryl/α,β-unsaturated/α-hetero) is 2. The number of carbonyl (C=O) groups is 10. The van der Waals surface area contributed by atoms with Gasteiger partial charge < -0.3 is 58.9 Å². The summed E-state index contributed by atoms with van der Waals surface area (Å²) in [6, 6.07) is 15.2. The van der Waals surface area contributed by atoms with Gasteiger partial charge in [-0.15, -0.1) is 0 Å². The SMILES string of the molecule is CCCCCCCCCCCC(=O)OCC(COC(=O)CCCCCCCCCCC)OC(=O)/C=C/C(=O)[O-].CCCCCCCCCCCC(=O)OCC(COC(=O)CCCCCCCCCCC)OC(=O)CCC(=O)[O-].CNC1(c2ccccc2Cl)CCCCC1=O.CNC1(c2ccccc2Cl)CCCCC1=O. The van der Waals surface area contributed by atoms with Gasteiger partial charge in [0.25, 0.3) is 0 Å². The van der Waals surface area contributed by atoms with Gasteiger partial charge >= 0.3 is 35.8 Å². The summed E-state index contributed by atoms with van der Waals surface area (Å²) in [5.41, 5.74) is 0.723. The molecule has 0 radical (unpaired) electrons. The zero-order valence-corrected chi connectivity index (χ0v) is 69.7. The van der Waals surface area contributed by atoms with Crippen molar-refractivity contribution < 1.29 is 86.6 Å². The fourth-order valence-electron chi connectivity index (χ4n) is 13.4. The minimum Gasteiger partial charge on any atom is -0.550 e. The highest BCUT2D eigenvalue weighted by molar-refractivity contribution is 6.32. The largest absolute Gasteiger partial charge is 0.550 e. The van der Waals surface area contributed by atoms with Gasteiger partial charge in [0.05, 0.1) is 12.4 Å². The van der Waals surface area contributed by atoms with Gasteiger partial charge in [-0.25, -0.2) is 4.79 Å². The summed E-state index contributed by atoms with van der Waals surface area (Å²) < 4.78 is 31.3. The molecule has 2 aliphatic carbocycles. The molecule has 0 aliphatic heterocycles. The third-order valence-electron chi connectivity index (χ3n) is 20.0. The van der Waals surface area contributed by atoms with Crippen molar-refractivity contribution in [3.8, 4) is 0 Å². The van der Waals surface area contributed by atoms with Crippen molar-refractivity contribution in [3.05, 3.63) is 81.9 Å². The van der Waals surface area contributed by atoms with E-state index in [0.717, 1.165) is 127 Å². The lowest BCUT2D eigenvalue weighted by atomic mass is 9.75. The minimum absolute atomic E-state index is 0.237. The first kappa shape index (κ1) is 102. The monoisotopic (exact) mass is 1580 g/mol. The Morgan fingerprint density at radius 1 is 0.382 bits per heavy atom. The summed E-state index contributed by atoms with van der Waals surface area (Å²) in [6.07, 6.45) is 47.6. The van der Waals surface area contributed by atoms with Crippen LogP contribution in [0.2, 0.25) is 10.0 Å². The maximum absolute atomic E-state index is 12.2. The van der Waals surface area contributed by atoms with Crippen molar-refractivity contribution in [2.24, 2.45) is 0 Å². The average molecular weight is 1580 g/mol. The number of likely N-dealkylation sites (N-methyl/N-ethyl adjacent to an activating group) is 2. The normalized spacial score (nSPS) is 15.3. The highest BCUT2D eigenvalue weighted by atomic mass is 35.5. The number of halogens is 2. The van der Waals surface area contributed by atoms with Crippen LogP contribution < -0.4 is 20.8 Å². The molecule has 22 heteroatoms. The standard InChI is InChI=1S/C31H56O8.C31H54O8.2C13H16ClNO/c2*1-3-5-7-9-11-13-15-17-19-21-29(34)37-25-27(39-31(36)24-23-28(32)33)26-38-30(35)22-20-18-16-14-12-10-8-6-4-2;2*1-15-13(9-5-4-8-12(13)16)10-6-2-3-7-11(10)14/h27H,3-26H2,1-2H3,(H,32,33);23-24,27H,3-22,25-26H2,1-2H3,(H,32,33);2*2-3,6-7,15H,4-5,8-9H2,1H3/p-2/b;24-23+;;. The van der Waals surface area contributed by atoms with Crippen LogP contribution in [0.15, 0.2) is 60.7 Å². The second-order valence-electron chi connectivity index (χ2n) is 29.3. The summed E-state index contributed by atoms with van der Waals surface area (Å²) >= 11 is 12.4. The predicted molar refractivity (Wildman–Crippen MR) is 431 cm³/mol. The molecule has 0 saturated heterocycles. The van der Waals surface area contributed by atoms with E-state index in [-0.39, 0.29) is 70.1 Å². The Hall–Kier alpha value is -6.22. The van der Waals surface area contributed by atoms with Crippen LogP contribution in [-0.2, 0) is 87.4 Å². The Morgan fingerprint density at radius 3 is 0.927 bits per heavy atom. The molecule has 2 atom stereocenters. The van der Waals surface area contributed by atoms with Crippen LogP contribution in [0.1, 0.15) is 360 Å². The number of carbonyl (C=O) groups excluding carboxylic acids is 10. The Bertz CT molecular complexity index is 2720. The van der Waals surface area contributed by atoms with Crippen molar-refractivity contribution in [2.45, 2.75) is 372 Å². The first-order valence-electron chi connectivity index (χ1n) is 42.2. The van der Waals surface area contributed by atoms with Gasteiger partial charge in [-0.05, 0) is 101 Å². The van der Waals surface area contributed by atoms with Gasteiger partial charge in [-0.1, -0.05) is 306 Å². The van der Waals surface area contributed by atoms with Crippen LogP contribution in [0.3, 0.4) is 0 Å². The van der Waals surface area contributed by atoms with Crippen LogP contribution in [0.25, 0.3) is 0 Å². The third kappa shape index (κ3) is 50.0. The number of unbranched alkanes of at least 4 members (excludes halogenated alkanes) is 32. The van der Waals surface area contributed by atoms with Crippen molar-refractivity contribution >= 4 is 82.5 Å². The molecule has 2 saturated carbocycles. The van der Waals surface area contributed by atoms with Crippen LogP contribution in [0.4, 0.5) is 0 Å². The summed E-state index contributed by atoms with van der Waals surface area (Å²) in [5.74, 6) is -5.71. The van der Waals surface area contributed by atoms with E-state index in [9.17, 15) is 58.2 Å². The van der Waals surface area contributed by atoms with Gasteiger partial charge in [0, 0.05) is 60.6 Å². The molecule has 2 aromatic carbocycles. The number of nitrogens with one attached hydrogen (secondary N) is 2. The Morgan fingerprint density at radius 2 is 0.664 bits per heavy atom. The van der Waals surface area contributed by atoms with Crippen molar-refractivity contribution in [1.29, 1.82) is 0 Å². The molecule has 2 unspecified atom stereocenters. The van der Waals surface area contributed by atoms with Gasteiger partial charge in [-0.3, -0.25) is 33.6 Å². The van der Waals surface area contributed by atoms with E-state index in [0.29, 0.717) is 35.0 Å². The highest BCUT2D eigenvalue weighted by Crippen LogP contribution is 2.39. The molecule has 20 nitrogen and oxygen atoms in total. The number of carboxylic acid groups (broad SMARTS) is 2. The molecule has 2 fully saturated rings. The quantitative estimate of drug-likeness (QED) is 0.0269. The average Bonchev–Trinajstić information content (AvgIpc) is 0.785. The smallest absolute Gasteiger partial charge is 0.331 e. The second-order valence-corrected chi connectivity index (χ2v) is 30.1. The van der Waals surface area contributed by atoms with Crippen molar-refractivity contribution in [3.63, 3.8) is 0 Å². The number of rotatable bonds is 59. The van der Waals surface area contributed by atoms with Crippen molar-refractivity contribution in [1.82, 2.24) is 10.6 Å². The number of ether oxygens (including phenoxy) is 6. The molecule has 0 bridgehead atoms. The molecular formula is C88H140Cl2N2O18-2. The van der Waals surface area contributed by atoms with Crippen LogP contribution in [-0.4, -0.2) is 112 Å². The number of aliphatic carboxylic acids is 2. The summed E-state index contributed by atoms with van der Waals surface area (Å²) in [6.45, 7) is 7.79. The van der Waals surface area contributed by atoms with Crippen LogP contribution >= 0.6 is 23.2 Å². The lowest BCUT2D eigenvalue weighted by molar-refractivity contribution is -0.306. The lowest BCUT2D eigenvalue weighted by Gasteiger charge is -2.36. The fraction of sp³-hybridized carbons (Fsp3) is 0.727. The van der Waals surface area contributed by atoms with Gasteiger partial charge in [0.1, 0.15) is 37.5 Å². The molecule has 4 rings (SSSR count). The number of hydrogen-bond acceptors (Lipinski definition) is 20. The van der Waals surface area contributed by atoms with E-state index >= 15 is 0 Å². The molecule has 110 heavy (non-hydrogen) atoms. The number of esters is 6. The van der Waals surface area contributed by atoms with Gasteiger partial charge in [-0.2, -0.15) is 0 Å². The highest BCUT2D eigenvalue weighted by Gasteiger charge is 2.42. The number of benzene rings is 2. The van der Waals surface area contributed by atoms with Crippen molar-refractivity contribution in [2.75, 3.05) is 40.5 Å². The number of carboxylic acids is 2. The minimum atomic E-state index is -1.54. The molecule has 2 aliphatic rings. The topological polar surface area (TPSA) is 296 Å². The van der Waals surface area contributed by atoms with Gasteiger partial charge in [0.15, 0.2) is 23.8 Å². The number of hydrogen-bond donors (Lipinski definition) is 2. The molecule has 2 aromatic rings. The second kappa shape index (κ2) is 67.3. The fourth-order valence-corrected chi connectivity index (χ4v) is 14.0. The zero-order chi connectivity index (χ0) is 81.1. The number of ketones is 2. The Kier molecular flexibility index (Phi) is 62.3. The first-order valence-corrected chi connectivity index (χ1v) is 43.0. The summed E-state index contributed by atoms with van der Waals surface area (Å²) in [4.78, 5) is 118. The maximum Gasteiger partial charge on any atom is 0.331 e. The molecule has 2 N–H and O–H groups in total. The van der Waals surface area contributed by atoms with E-state index < -0.39 is 77.5 Å². The van der Waals surface area contributed by atoms with E-state index in [4.69, 9.17) is 51.6 Å². The molecule has 0 heterocycles. The van der Waals surface area contributed by atoms with E-state index in [1.165, 1.54) is 154 Å². The summed E-state index contributed by atoms with van der Waals surface area (Å²) in [5, 5.41) is 28.9. The zero-order valence-electron chi connectivity index (χ0n) is 68.2.